The molecule has 4 aromatic rings. The standard InChI is InChI=1S/C29H29N3O3S/c1-29(2,3)35-28(34)32-25(19-36-27(32)21-12-9-15-30-16-21)26(33)23-18-31(17-20-10-5-4-6-11-20)24-14-8-7-13-22(23)24/h4-16,18,25,27H,17,19H2,1-3H3/t25-,27?/m0/s1. The Morgan fingerprint density at radius 3 is 2.50 bits per heavy atom. The van der Waals surface area contributed by atoms with E-state index < -0.39 is 17.7 Å². The molecule has 2 aromatic carbocycles. The topological polar surface area (TPSA) is 64.4 Å². The van der Waals surface area contributed by atoms with E-state index in [1.165, 1.54) is 0 Å². The Morgan fingerprint density at radius 2 is 1.78 bits per heavy atom. The van der Waals surface area contributed by atoms with E-state index in [4.69, 9.17) is 4.74 Å². The van der Waals surface area contributed by atoms with E-state index in [-0.39, 0.29) is 11.2 Å². The number of Topliss-reactive ketones (excluding diaryl/α,β-unsaturated/α-hetero) is 1. The first kappa shape index (κ1) is 24.1. The third kappa shape index (κ3) is 4.88. The van der Waals surface area contributed by atoms with Crippen LogP contribution in [0, 0.1) is 0 Å². The number of pyridine rings is 1. The van der Waals surface area contributed by atoms with Gasteiger partial charge in [-0.15, -0.1) is 11.8 Å². The number of hydrogen-bond donors (Lipinski definition) is 0. The van der Waals surface area contributed by atoms with Gasteiger partial charge in [0.25, 0.3) is 0 Å². The molecule has 1 fully saturated rings. The number of benzene rings is 2. The van der Waals surface area contributed by atoms with Gasteiger partial charge in [0, 0.05) is 52.9 Å². The molecule has 3 heterocycles. The highest BCUT2D eigenvalue weighted by molar-refractivity contribution is 7.99. The summed E-state index contributed by atoms with van der Waals surface area (Å²) in [4.78, 5) is 33.3. The van der Waals surface area contributed by atoms with Crippen LogP contribution in [-0.4, -0.2) is 43.7 Å². The summed E-state index contributed by atoms with van der Waals surface area (Å²) < 4.78 is 7.86. The lowest BCUT2D eigenvalue weighted by atomic mass is 10.0. The molecule has 36 heavy (non-hydrogen) atoms. The third-order valence-corrected chi connectivity index (χ3v) is 7.45. The predicted octanol–water partition coefficient (Wildman–Crippen LogP) is 6.32. The normalized spacial score (nSPS) is 17.9. The van der Waals surface area contributed by atoms with E-state index in [0.717, 1.165) is 22.0 Å². The second kappa shape index (κ2) is 9.82. The number of thioether (sulfide) groups is 1. The minimum atomic E-state index is -0.677. The van der Waals surface area contributed by atoms with Gasteiger partial charge in [-0.2, -0.15) is 0 Å². The van der Waals surface area contributed by atoms with E-state index in [1.807, 2.05) is 81.6 Å². The zero-order valence-corrected chi connectivity index (χ0v) is 21.4. The van der Waals surface area contributed by atoms with Crippen molar-refractivity contribution in [3.63, 3.8) is 0 Å². The fraction of sp³-hybridized carbons (Fsp3) is 0.276. The van der Waals surface area contributed by atoms with Crippen LogP contribution < -0.4 is 0 Å². The first-order valence-electron chi connectivity index (χ1n) is 12.0. The smallest absolute Gasteiger partial charge is 0.412 e. The highest BCUT2D eigenvalue weighted by atomic mass is 32.2. The van der Waals surface area contributed by atoms with Crippen LogP contribution in [0.25, 0.3) is 10.9 Å². The average Bonchev–Trinajstić information content (AvgIpc) is 3.47. The number of ether oxygens (including phenoxy) is 1. The Bertz CT molecular complexity index is 1380. The number of carbonyl (C=O) groups is 2. The van der Waals surface area contributed by atoms with E-state index in [9.17, 15) is 9.59 Å². The molecule has 2 atom stereocenters. The van der Waals surface area contributed by atoms with Gasteiger partial charge in [0.1, 0.15) is 17.0 Å². The van der Waals surface area contributed by atoms with Crippen LogP contribution in [0.3, 0.4) is 0 Å². The van der Waals surface area contributed by atoms with Crippen LogP contribution in [0.4, 0.5) is 4.79 Å². The van der Waals surface area contributed by atoms with Crippen molar-refractivity contribution in [3.8, 4) is 0 Å². The van der Waals surface area contributed by atoms with E-state index in [1.54, 1.807) is 29.1 Å². The molecule has 0 spiro atoms. The van der Waals surface area contributed by atoms with Crippen LogP contribution >= 0.6 is 11.8 Å². The lowest BCUT2D eigenvalue weighted by Gasteiger charge is -2.31. The van der Waals surface area contributed by atoms with Crippen molar-refractivity contribution in [2.75, 3.05) is 5.75 Å². The first-order chi connectivity index (χ1) is 17.3. The monoisotopic (exact) mass is 499 g/mol. The van der Waals surface area contributed by atoms with E-state index >= 15 is 0 Å². The molecular weight excluding hydrogens is 470 g/mol. The highest BCUT2D eigenvalue weighted by Crippen LogP contribution is 2.43. The number of nitrogens with zero attached hydrogens (tertiary/aromatic N) is 3. The fourth-order valence-electron chi connectivity index (χ4n) is 4.56. The summed E-state index contributed by atoms with van der Waals surface area (Å²) >= 11 is 1.56. The molecule has 0 N–H and O–H groups in total. The minimum absolute atomic E-state index is 0.0808. The average molecular weight is 500 g/mol. The molecule has 5 rings (SSSR count). The number of hydrogen-bond acceptors (Lipinski definition) is 5. The summed E-state index contributed by atoms with van der Waals surface area (Å²) in [6.45, 7) is 6.16. The van der Waals surface area contributed by atoms with Crippen molar-refractivity contribution in [1.82, 2.24) is 14.5 Å². The maximum absolute atomic E-state index is 14.1. The fourth-order valence-corrected chi connectivity index (χ4v) is 5.96. The van der Waals surface area contributed by atoms with Crippen molar-refractivity contribution in [2.45, 2.75) is 44.3 Å². The second-order valence-electron chi connectivity index (χ2n) is 9.91. The van der Waals surface area contributed by atoms with Gasteiger partial charge in [0.15, 0.2) is 5.78 Å². The Balaban J connectivity index is 1.52. The Morgan fingerprint density at radius 1 is 1.03 bits per heavy atom. The van der Waals surface area contributed by atoms with Crippen molar-refractivity contribution in [2.24, 2.45) is 0 Å². The van der Waals surface area contributed by atoms with E-state index in [0.29, 0.717) is 17.9 Å². The Labute approximate surface area is 215 Å². The van der Waals surface area contributed by atoms with Gasteiger partial charge < -0.3 is 9.30 Å². The summed E-state index contributed by atoms with van der Waals surface area (Å²) in [7, 11) is 0. The van der Waals surface area contributed by atoms with Crippen molar-refractivity contribution >= 4 is 34.5 Å². The molecule has 1 unspecified atom stereocenters. The van der Waals surface area contributed by atoms with Crippen LogP contribution in [0.1, 0.15) is 47.6 Å². The largest absolute Gasteiger partial charge is 0.444 e. The number of ketones is 1. The molecule has 1 saturated heterocycles. The molecule has 0 radical (unpaired) electrons. The molecule has 0 saturated carbocycles. The summed E-state index contributed by atoms with van der Waals surface area (Å²) in [6, 6.07) is 21.2. The van der Waals surface area contributed by atoms with Gasteiger partial charge in [-0.1, -0.05) is 54.6 Å². The molecule has 2 aromatic heterocycles. The second-order valence-corrected chi connectivity index (χ2v) is 11.0. The summed E-state index contributed by atoms with van der Waals surface area (Å²) in [5.41, 5.74) is 2.95. The number of fused-ring (bicyclic) bond motifs is 1. The summed E-state index contributed by atoms with van der Waals surface area (Å²) in [5, 5.41) is 0.539. The van der Waals surface area contributed by atoms with Gasteiger partial charge >= 0.3 is 6.09 Å². The van der Waals surface area contributed by atoms with Gasteiger partial charge in [-0.25, -0.2) is 4.79 Å². The lowest BCUT2D eigenvalue weighted by molar-refractivity contribution is 0.0173. The van der Waals surface area contributed by atoms with Crippen LogP contribution in [-0.2, 0) is 11.3 Å². The third-order valence-electron chi connectivity index (χ3n) is 6.13. The molecule has 7 heteroatoms. The maximum atomic E-state index is 14.1. The summed E-state index contributed by atoms with van der Waals surface area (Å²) in [5.74, 6) is 0.401. The molecule has 1 aliphatic heterocycles. The number of carbonyl (C=O) groups excluding carboxylic acids is 2. The molecule has 1 amide bonds. The summed E-state index contributed by atoms with van der Waals surface area (Å²) in [6.07, 6.45) is 4.88. The number of rotatable bonds is 5. The first-order valence-corrected chi connectivity index (χ1v) is 13.1. The van der Waals surface area contributed by atoms with Gasteiger partial charge in [0.05, 0.1) is 0 Å². The number of aromatic nitrogens is 2. The van der Waals surface area contributed by atoms with Crippen LogP contribution in [0.5, 0.6) is 0 Å². The Hall–Kier alpha value is -3.58. The quantitative estimate of drug-likeness (QED) is 0.301. The van der Waals surface area contributed by atoms with Crippen molar-refractivity contribution in [1.29, 1.82) is 0 Å². The van der Waals surface area contributed by atoms with Crippen molar-refractivity contribution < 1.29 is 14.3 Å². The Kier molecular flexibility index (Phi) is 6.58. The van der Waals surface area contributed by atoms with Crippen LogP contribution in [0.15, 0.2) is 85.3 Å². The highest BCUT2D eigenvalue weighted by Gasteiger charge is 2.45. The SMILES string of the molecule is CC(C)(C)OC(=O)N1C(c2cccnc2)SC[C@H]1C(=O)c1cn(Cc2ccccc2)c2ccccc12. The molecule has 1 aliphatic rings. The predicted molar refractivity (Wildman–Crippen MR) is 143 cm³/mol. The molecule has 0 bridgehead atoms. The molecule has 0 aliphatic carbocycles. The number of para-hydroxylation sites is 1. The zero-order valence-electron chi connectivity index (χ0n) is 20.6. The number of amides is 1. The zero-order chi connectivity index (χ0) is 25.3. The molecule has 184 valence electrons. The minimum Gasteiger partial charge on any atom is -0.444 e. The van der Waals surface area contributed by atoms with Crippen LogP contribution in [0.2, 0.25) is 0 Å². The van der Waals surface area contributed by atoms with Gasteiger partial charge in [-0.05, 0) is 38.5 Å². The van der Waals surface area contributed by atoms with Gasteiger partial charge in [-0.3, -0.25) is 14.7 Å². The van der Waals surface area contributed by atoms with E-state index in [2.05, 4.69) is 21.7 Å². The van der Waals surface area contributed by atoms with Crippen molar-refractivity contribution in [3.05, 3.63) is 102 Å². The molecular formula is C29H29N3O3S. The van der Waals surface area contributed by atoms with Gasteiger partial charge in [0.2, 0.25) is 0 Å². The molecule has 6 nitrogen and oxygen atoms in total. The maximum Gasteiger partial charge on any atom is 0.412 e. The lowest BCUT2D eigenvalue weighted by Crippen LogP contribution is -2.45.